The summed E-state index contributed by atoms with van der Waals surface area (Å²) in [7, 11) is 0. The summed E-state index contributed by atoms with van der Waals surface area (Å²) in [5, 5.41) is 6.27. The van der Waals surface area contributed by atoms with Gasteiger partial charge in [-0.3, -0.25) is 4.79 Å². The SMILES string of the molecule is CCCNc1cc(C(=O)NCC2COCCO2)c(Cl)cn1. The minimum absolute atomic E-state index is 0.110. The van der Waals surface area contributed by atoms with Crippen LogP contribution in [0, 0.1) is 0 Å². The molecule has 1 saturated heterocycles. The summed E-state index contributed by atoms with van der Waals surface area (Å²) in [6.07, 6.45) is 2.35. The van der Waals surface area contributed by atoms with Gasteiger partial charge in [-0.15, -0.1) is 0 Å². The van der Waals surface area contributed by atoms with Crippen LogP contribution in [0.2, 0.25) is 5.02 Å². The van der Waals surface area contributed by atoms with Crippen molar-refractivity contribution in [2.45, 2.75) is 19.4 Å². The lowest BCUT2D eigenvalue weighted by Gasteiger charge is -2.23. The molecule has 1 fully saturated rings. The molecule has 0 bridgehead atoms. The highest BCUT2D eigenvalue weighted by Gasteiger charge is 2.17. The number of pyridine rings is 1. The zero-order chi connectivity index (χ0) is 15.1. The monoisotopic (exact) mass is 313 g/mol. The fourth-order valence-electron chi connectivity index (χ4n) is 1.92. The third-order valence-corrected chi connectivity index (χ3v) is 3.33. The van der Waals surface area contributed by atoms with Gasteiger partial charge in [-0.25, -0.2) is 4.98 Å². The van der Waals surface area contributed by atoms with Gasteiger partial charge in [0, 0.05) is 19.3 Å². The Balaban J connectivity index is 1.93. The molecule has 0 spiro atoms. The molecule has 0 radical (unpaired) electrons. The van der Waals surface area contributed by atoms with Crippen molar-refractivity contribution in [1.29, 1.82) is 0 Å². The van der Waals surface area contributed by atoms with E-state index in [9.17, 15) is 4.79 Å². The van der Waals surface area contributed by atoms with Crippen molar-refractivity contribution >= 4 is 23.3 Å². The molecule has 1 aliphatic heterocycles. The highest BCUT2D eigenvalue weighted by atomic mass is 35.5. The second-order valence-corrected chi connectivity index (χ2v) is 5.16. The van der Waals surface area contributed by atoms with Gasteiger partial charge in [-0.1, -0.05) is 18.5 Å². The van der Waals surface area contributed by atoms with Gasteiger partial charge in [0.15, 0.2) is 0 Å². The molecule has 1 aromatic rings. The minimum Gasteiger partial charge on any atom is -0.376 e. The van der Waals surface area contributed by atoms with E-state index in [0.717, 1.165) is 13.0 Å². The van der Waals surface area contributed by atoms with E-state index in [2.05, 4.69) is 22.5 Å². The summed E-state index contributed by atoms with van der Waals surface area (Å²) < 4.78 is 10.8. The molecule has 116 valence electrons. The van der Waals surface area contributed by atoms with Crippen LogP contribution in [0.25, 0.3) is 0 Å². The maximum absolute atomic E-state index is 12.2. The van der Waals surface area contributed by atoms with E-state index in [1.165, 1.54) is 6.20 Å². The van der Waals surface area contributed by atoms with Crippen LogP contribution in [0.15, 0.2) is 12.3 Å². The Labute approximate surface area is 129 Å². The second-order valence-electron chi connectivity index (χ2n) is 4.75. The second kappa shape index (κ2) is 8.17. The van der Waals surface area contributed by atoms with Gasteiger partial charge < -0.3 is 20.1 Å². The average molecular weight is 314 g/mol. The third-order valence-electron chi connectivity index (χ3n) is 3.03. The molecule has 7 heteroatoms. The van der Waals surface area contributed by atoms with Gasteiger partial charge in [-0.2, -0.15) is 0 Å². The molecule has 2 rings (SSSR count). The Morgan fingerprint density at radius 3 is 3.10 bits per heavy atom. The lowest BCUT2D eigenvalue weighted by atomic mass is 10.2. The number of carbonyl (C=O) groups excluding carboxylic acids is 1. The molecule has 6 nitrogen and oxygen atoms in total. The van der Waals surface area contributed by atoms with Gasteiger partial charge in [0.2, 0.25) is 0 Å². The molecule has 0 aliphatic carbocycles. The largest absolute Gasteiger partial charge is 0.376 e. The van der Waals surface area contributed by atoms with E-state index in [0.29, 0.717) is 42.8 Å². The molecule has 0 saturated carbocycles. The fraction of sp³-hybridized carbons (Fsp3) is 0.571. The average Bonchev–Trinajstić information content (AvgIpc) is 2.53. The van der Waals surface area contributed by atoms with Crippen LogP contribution in [-0.2, 0) is 9.47 Å². The van der Waals surface area contributed by atoms with E-state index in [-0.39, 0.29) is 12.0 Å². The van der Waals surface area contributed by atoms with Crippen molar-refractivity contribution in [1.82, 2.24) is 10.3 Å². The summed E-state index contributed by atoms with van der Waals surface area (Å²) in [5.74, 6) is 0.403. The van der Waals surface area contributed by atoms with Gasteiger partial charge in [0.1, 0.15) is 5.82 Å². The quantitative estimate of drug-likeness (QED) is 0.836. The first-order valence-corrected chi connectivity index (χ1v) is 7.45. The lowest BCUT2D eigenvalue weighted by molar-refractivity contribution is -0.0855. The van der Waals surface area contributed by atoms with Crippen molar-refractivity contribution in [2.24, 2.45) is 0 Å². The normalized spacial score (nSPS) is 18.3. The standard InChI is InChI=1S/C14H20ClN3O3/c1-2-3-16-13-6-11(12(15)8-17-13)14(19)18-7-10-9-20-4-5-21-10/h6,8,10H,2-5,7,9H2,1H3,(H,16,17)(H,18,19). The molecule has 1 aliphatic rings. The summed E-state index contributed by atoms with van der Waals surface area (Å²) in [4.78, 5) is 16.3. The van der Waals surface area contributed by atoms with E-state index in [1.807, 2.05) is 0 Å². The van der Waals surface area contributed by atoms with E-state index in [1.54, 1.807) is 6.07 Å². The number of ether oxygens (including phenoxy) is 2. The number of rotatable bonds is 6. The molecule has 1 unspecified atom stereocenters. The maximum atomic E-state index is 12.2. The third kappa shape index (κ3) is 4.84. The zero-order valence-corrected chi connectivity index (χ0v) is 12.8. The van der Waals surface area contributed by atoms with Crippen LogP contribution < -0.4 is 10.6 Å². The van der Waals surface area contributed by atoms with Gasteiger partial charge in [0.25, 0.3) is 5.91 Å². The first-order chi connectivity index (χ1) is 10.2. The molecule has 2 heterocycles. The number of amides is 1. The van der Waals surface area contributed by atoms with Crippen LogP contribution in [-0.4, -0.2) is 49.9 Å². The van der Waals surface area contributed by atoms with Crippen LogP contribution in [0.1, 0.15) is 23.7 Å². The first kappa shape index (κ1) is 16.0. The van der Waals surface area contributed by atoms with Crippen LogP contribution in [0.3, 0.4) is 0 Å². The highest BCUT2D eigenvalue weighted by molar-refractivity contribution is 6.33. The molecular weight excluding hydrogens is 294 g/mol. The van der Waals surface area contributed by atoms with Gasteiger partial charge in [0.05, 0.1) is 36.5 Å². The maximum Gasteiger partial charge on any atom is 0.253 e. The van der Waals surface area contributed by atoms with E-state index >= 15 is 0 Å². The minimum atomic E-state index is -0.240. The predicted molar refractivity (Wildman–Crippen MR) is 80.9 cm³/mol. The summed E-state index contributed by atoms with van der Waals surface area (Å²) in [6.45, 7) is 4.91. The number of nitrogens with one attached hydrogen (secondary N) is 2. The molecule has 21 heavy (non-hydrogen) atoms. The first-order valence-electron chi connectivity index (χ1n) is 7.07. The lowest BCUT2D eigenvalue weighted by Crippen LogP contribution is -2.39. The Morgan fingerprint density at radius 2 is 2.38 bits per heavy atom. The topological polar surface area (TPSA) is 72.5 Å². The number of aromatic nitrogens is 1. The van der Waals surface area contributed by atoms with Crippen molar-refractivity contribution in [2.75, 3.05) is 38.2 Å². The number of hydrogen-bond acceptors (Lipinski definition) is 5. The van der Waals surface area contributed by atoms with Crippen LogP contribution in [0.4, 0.5) is 5.82 Å². The Bertz CT molecular complexity index is 479. The summed E-state index contributed by atoms with van der Waals surface area (Å²) in [5.41, 5.74) is 0.405. The smallest absolute Gasteiger partial charge is 0.253 e. The highest BCUT2D eigenvalue weighted by Crippen LogP contribution is 2.18. The zero-order valence-electron chi connectivity index (χ0n) is 12.0. The number of halogens is 1. The Kier molecular flexibility index (Phi) is 6.22. The molecular formula is C14H20ClN3O3. The number of carbonyl (C=O) groups is 1. The molecule has 1 amide bonds. The van der Waals surface area contributed by atoms with E-state index in [4.69, 9.17) is 21.1 Å². The predicted octanol–water partition coefficient (Wildman–Crippen LogP) is 1.70. The van der Waals surface area contributed by atoms with Crippen molar-refractivity contribution in [3.05, 3.63) is 22.8 Å². The fourth-order valence-corrected chi connectivity index (χ4v) is 2.11. The van der Waals surface area contributed by atoms with Gasteiger partial charge in [-0.05, 0) is 12.5 Å². The number of hydrogen-bond donors (Lipinski definition) is 2. The number of nitrogens with zero attached hydrogens (tertiary/aromatic N) is 1. The molecule has 2 N–H and O–H groups in total. The molecule has 1 aromatic heterocycles. The molecule has 0 aromatic carbocycles. The van der Waals surface area contributed by atoms with E-state index < -0.39 is 0 Å². The Hall–Kier alpha value is -1.37. The van der Waals surface area contributed by atoms with Crippen molar-refractivity contribution in [3.63, 3.8) is 0 Å². The molecule has 1 atom stereocenters. The summed E-state index contributed by atoms with van der Waals surface area (Å²) in [6, 6.07) is 1.66. The number of anilines is 1. The summed E-state index contributed by atoms with van der Waals surface area (Å²) >= 11 is 6.04. The van der Waals surface area contributed by atoms with Crippen molar-refractivity contribution < 1.29 is 14.3 Å². The van der Waals surface area contributed by atoms with Crippen molar-refractivity contribution in [3.8, 4) is 0 Å². The van der Waals surface area contributed by atoms with Crippen LogP contribution in [0.5, 0.6) is 0 Å². The van der Waals surface area contributed by atoms with Crippen LogP contribution >= 0.6 is 11.6 Å². The van der Waals surface area contributed by atoms with Gasteiger partial charge >= 0.3 is 0 Å². The Morgan fingerprint density at radius 1 is 1.52 bits per heavy atom.